The van der Waals surface area contributed by atoms with Crippen LogP contribution in [0.15, 0.2) is 48.5 Å². The van der Waals surface area contributed by atoms with Crippen LogP contribution in [0.1, 0.15) is 36.3 Å². The molecule has 1 saturated carbocycles. The summed E-state index contributed by atoms with van der Waals surface area (Å²) in [4.78, 5) is 39.1. The first kappa shape index (κ1) is 22.4. The Morgan fingerprint density at radius 3 is 2.24 bits per heavy atom. The van der Waals surface area contributed by atoms with Gasteiger partial charge in [0.25, 0.3) is 0 Å². The first-order chi connectivity index (χ1) is 16.4. The van der Waals surface area contributed by atoms with Gasteiger partial charge >= 0.3 is 12.1 Å². The lowest BCUT2D eigenvalue weighted by molar-refractivity contribution is -0.161. The number of carboxylic acid groups (broad SMARTS) is 1. The number of benzene rings is 2. The van der Waals surface area contributed by atoms with Gasteiger partial charge in [0.1, 0.15) is 12.6 Å². The van der Waals surface area contributed by atoms with E-state index in [4.69, 9.17) is 9.47 Å². The van der Waals surface area contributed by atoms with Crippen molar-refractivity contribution in [2.45, 2.75) is 36.8 Å². The number of rotatable bonds is 7. The topological polar surface area (TPSA) is 105 Å². The third-order valence-corrected chi connectivity index (χ3v) is 7.30. The number of alkyl carbamates (subject to hydrolysis) is 1. The molecule has 2 amide bonds. The van der Waals surface area contributed by atoms with Gasteiger partial charge in [-0.3, -0.25) is 4.79 Å². The van der Waals surface area contributed by atoms with E-state index in [1.54, 1.807) is 0 Å². The number of methoxy groups -OCH3 is 1. The smallest absolute Gasteiger partial charge is 0.407 e. The number of carbonyl (C=O) groups excluding carboxylic acids is 2. The minimum Gasteiger partial charge on any atom is -0.479 e. The van der Waals surface area contributed by atoms with Gasteiger partial charge < -0.3 is 24.8 Å². The molecule has 0 bridgehead atoms. The Labute approximate surface area is 197 Å². The molecule has 1 saturated heterocycles. The Morgan fingerprint density at radius 1 is 1.09 bits per heavy atom. The maximum absolute atomic E-state index is 13.2. The van der Waals surface area contributed by atoms with Crippen LogP contribution in [0, 0.1) is 5.92 Å². The summed E-state index contributed by atoms with van der Waals surface area (Å²) in [6.45, 7) is 0.406. The van der Waals surface area contributed by atoms with Crippen molar-refractivity contribution < 1.29 is 29.0 Å². The van der Waals surface area contributed by atoms with Gasteiger partial charge in [-0.2, -0.15) is 0 Å². The van der Waals surface area contributed by atoms with Crippen molar-refractivity contribution in [2.24, 2.45) is 5.92 Å². The molecule has 8 nitrogen and oxygen atoms in total. The first-order valence-electron chi connectivity index (χ1n) is 11.6. The fourth-order valence-corrected chi connectivity index (χ4v) is 5.17. The van der Waals surface area contributed by atoms with Crippen molar-refractivity contribution >= 4 is 18.0 Å². The van der Waals surface area contributed by atoms with Gasteiger partial charge in [-0.1, -0.05) is 48.5 Å². The average molecular weight is 465 g/mol. The fourth-order valence-electron chi connectivity index (χ4n) is 5.17. The number of aliphatic carboxylic acids is 1. The van der Waals surface area contributed by atoms with E-state index >= 15 is 0 Å². The summed E-state index contributed by atoms with van der Waals surface area (Å²) >= 11 is 0. The molecule has 2 atom stereocenters. The van der Waals surface area contributed by atoms with E-state index in [-0.39, 0.29) is 43.9 Å². The third-order valence-electron chi connectivity index (χ3n) is 7.30. The predicted octanol–water partition coefficient (Wildman–Crippen LogP) is 3.01. The lowest BCUT2D eigenvalue weighted by Gasteiger charge is -2.26. The summed E-state index contributed by atoms with van der Waals surface area (Å²) in [5, 5.41) is 12.3. The lowest BCUT2D eigenvalue weighted by atomic mass is 9.98. The molecule has 0 aromatic heterocycles. The van der Waals surface area contributed by atoms with E-state index in [0.717, 1.165) is 35.1 Å². The summed E-state index contributed by atoms with van der Waals surface area (Å²) in [7, 11) is 1.34. The van der Waals surface area contributed by atoms with Crippen LogP contribution in [-0.4, -0.2) is 66.4 Å². The highest BCUT2D eigenvalue weighted by Gasteiger charge is 2.49. The molecule has 3 aliphatic rings. The highest BCUT2D eigenvalue weighted by molar-refractivity contribution is 5.88. The quantitative estimate of drug-likeness (QED) is 0.653. The van der Waals surface area contributed by atoms with E-state index in [1.807, 2.05) is 24.3 Å². The SMILES string of the molecule is COC1(C(=O)O)CCN(C(=O)C(NC(=O)OCC2c3ccccc3-c3ccccc32)C2CC2)C1. The van der Waals surface area contributed by atoms with Gasteiger partial charge in [0.05, 0.1) is 6.54 Å². The molecular formula is C26H28N2O6. The van der Waals surface area contributed by atoms with Gasteiger partial charge in [0.15, 0.2) is 5.60 Å². The van der Waals surface area contributed by atoms with Crippen molar-refractivity contribution in [1.82, 2.24) is 10.2 Å². The molecule has 2 aliphatic carbocycles. The van der Waals surface area contributed by atoms with Crippen LogP contribution < -0.4 is 5.32 Å². The Kier molecular flexibility index (Phi) is 5.77. The maximum atomic E-state index is 13.2. The highest BCUT2D eigenvalue weighted by Crippen LogP contribution is 2.44. The van der Waals surface area contributed by atoms with Gasteiger partial charge in [-0.25, -0.2) is 9.59 Å². The van der Waals surface area contributed by atoms with Crippen molar-refractivity contribution in [1.29, 1.82) is 0 Å². The standard InChI is InChI=1S/C26H28N2O6/c1-33-26(24(30)31)12-13-28(15-26)23(29)22(16-10-11-16)27-25(32)34-14-21-19-8-4-2-6-17(19)18-7-3-5-9-20(18)21/h2-9,16,21-22H,10-15H2,1H3,(H,27,32)(H,30,31). The number of nitrogens with zero attached hydrogens (tertiary/aromatic N) is 1. The molecule has 2 aromatic rings. The first-order valence-corrected chi connectivity index (χ1v) is 11.6. The summed E-state index contributed by atoms with van der Waals surface area (Å²) in [5.74, 6) is -1.39. The van der Waals surface area contributed by atoms with Crippen LogP contribution >= 0.6 is 0 Å². The molecule has 34 heavy (non-hydrogen) atoms. The zero-order valence-electron chi connectivity index (χ0n) is 19.0. The number of nitrogens with one attached hydrogen (secondary N) is 1. The molecule has 2 unspecified atom stereocenters. The Balaban J connectivity index is 1.24. The van der Waals surface area contributed by atoms with Gasteiger partial charge in [0.2, 0.25) is 5.91 Å². The Morgan fingerprint density at radius 2 is 1.71 bits per heavy atom. The minimum atomic E-state index is -1.40. The number of likely N-dealkylation sites (tertiary alicyclic amines) is 1. The zero-order chi connectivity index (χ0) is 23.9. The molecule has 1 heterocycles. The Bertz CT molecular complexity index is 1080. The monoisotopic (exact) mass is 464 g/mol. The van der Waals surface area contributed by atoms with Crippen molar-refractivity contribution in [3.63, 3.8) is 0 Å². The lowest BCUT2D eigenvalue weighted by Crippen LogP contribution is -2.51. The second-order valence-electron chi connectivity index (χ2n) is 9.30. The minimum absolute atomic E-state index is 0.0345. The van der Waals surface area contributed by atoms with Gasteiger partial charge in [-0.05, 0) is 41.0 Å². The molecule has 0 spiro atoms. The van der Waals surface area contributed by atoms with Crippen LogP contribution in [0.3, 0.4) is 0 Å². The molecule has 2 N–H and O–H groups in total. The summed E-state index contributed by atoms with van der Waals surface area (Å²) in [6, 6.07) is 15.5. The molecule has 5 rings (SSSR count). The van der Waals surface area contributed by atoms with E-state index in [0.29, 0.717) is 0 Å². The summed E-state index contributed by atoms with van der Waals surface area (Å²) < 4.78 is 10.8. The van der Waals surface area contributed by atoms with Crippen LogP contribution in [0.5, 0.6) is 0 Å². The van der Waals surface area contributed by atoms with Crippen molar-refractivity contribution in [3.05, 3.63) is 59.7 Å². The number of carboxylic acids is 1. The number of hydrogen-bond donors (Lipinski definition) is 2. The van der Waals surface area contributed by atoms with Crippen LogP contribution in [-0.2, 0) is 19.1 Å². The van der Waals surface area contributed by atoms with E-state index < -0.39 is 23.7 Å². The second-order valence-corrected chi connectivity index (χ2v) is 9.30. The zero-order valence-corrected chi connectivity index (χ0v) is 19.0. The fraction of sp³-hybridized carbons (Fsp3) is 0.423. The molecule has 178 valence electrons. The number of amides is 2. The van der Waals surface area contributed by atoms with Crippen LogP contribution in [0.2, 0.25) is 0 Å². The molecular weight excluding hydrogens is 436 g/mol. The summed E-state index contributed by atoms with van der Waals surface area (Å²) in [5.41, 5.74) is 3.13. The summed E-state index contributed by atoms with van der Waals surface area (Å²) in [6.07, 6.45) is 1.25. The van der Waals surface area contributed by atoms with E-state index in [1.165, 1.54) is 12.0 Å². The number of hydrogen-bond acceptors (Lipinski definition) is 5. The van der Waals surface area contributed by atoms with Crippen molar-refractivity contribution in [3.8, 4) is 11.1 Å². The maximum Gasteiger partial charge on any atom is 0.407 e. The highest BCUT2D eigenvalue weighted by atomic mass is 16.5. The molecule has 2 aromatic carbocycles. The third kappa shape index (κ3) is 3.92. The van der Waals surface area contributed by atoms with Gasteiger partial charge in [-0.15, -0.1) is 0 Å². The van der Waals surface area contributed by atoms with Gasteiger partial charge in [0, 0.05) is 26.0 Å². The Hall–Kier alpha value is -3.39. The van der Waals surface area contributed by atoms with E-state index in [2.05, 4.69) is 29.6 Å². The number of fused-ring (bicyclic) bond motifs is 3. The number of carbonyl (C=O) groups is 3. The molecule has 2 fully saturated rings. The largest absolute Gasteiger partial charge is 0.479 e. The molecule has 8 heteroatoms. The van der Waals surface area contributed by atoms with Crippen molar-refractivity contribution in [2.75, 3.05) is 26.8 Å². The normalized spacial score (nSPS) is 22.1. The number of ether oxygens (including phenoxy) is 2. The second kappa shape index (κ2) is 8.76. The predicted molar refractivity (Wildman–Crippen MR) is 123 cm³/mol. The van der Waals surface area contributed by atoms with Crippen LogP contribution in [0.4, 0.5) is 4.79 Å². The van der Waals surface area contributed by atoms with Crippen LogP contribution in [0.25, 0.3) is 11.1 Å². The van der Waals surface area contributed by atoms with E-state index in [9.17, 15) is 19.5 Å². The molecule has 1 aliphatic heterocycles. The molecule has 0 radical (unpaired) electrons. The average Bonchev–Trinajstić information content (AvgIpc) is 3.51.